The Morgan fingerprint density at radius 1 is 1.27 bits per heavy atom. The number of hydrogen-bond donors (Lipinski definition) is 2. The molecule has 0 aromatic heterocycles. The first-order valence-electron chi connectivity index (χ1n) is 7.28. The van der Waals surface area contributed by atoms with Crippen molar-refractivity contribution in [2.45, 2.75) is 13.0 Å². The smallest absolute Gasteiger partial charge is 0.239 e. The van der Waals surface area contributed by atoms with E-state index in [1.165, 1.54) is 0 Å². The van der Waals surface area contributed by atoms with Gasteiger partial charge in [-0.3, -0.25) is 14.5 Å². The highest BCUT2D eigenvalue weighted by Gasteiger charge is 2.24. The van der Waals surface area contributed by atoms with Gasteiger partial charge in [-0.2, -0.15) is 0 Å². The summed E-state index contributed by atoms with van der Waals surface area (Å²) in [6.45, 7) is 4.49. The van der Waals surface area contributed by atoms with Gasteiger partial charge in [0.25, 0.3) is 0 Å². The van der Waals surface area contributed by atoms with Gasteiger partial charge in [0.15, 0.2) is 0 Å². The van der Waals surface area contributed by atoms with Crippen LogP contribution in [0, 0.1) is 0 Å². The van der Waals surface area contributed by atoms with E-state index in [1.54, 1.807) is 24.0 Å². The predicted octanol–water partition coefficient (Wildman–Crippen LogP) is 0.770. The highest BCUT2D eigenvalue weighted by Crippen LogP contribution is 2.20. The Bertz CT molecular complexity index is 542. The Morgan fingerprint density at radius 2 is 1.91 bits per heavy atom. The van der Waals surface area contributed by atoms with Crippen molar-refractivity contribution < 1.29 is 9.59 Å². The van der Waals surface area contributed by atoms with Crippen molar-refractivity contribution in [1.29, 1.82) is 0 Å². The summed E-state index contributed by atoms with van der Waals surface area (Å²) >= 11 is 6.01. The summed E-state index contributed by atoms with van der Waals surface area (Å²) in [5, 5.41) is 3.31. The van der Waals surface area contributed by atoms with Gasteiger partial charge in [0.1, 0.15) is 0 Å². The van der Waals surface area contributed by atoms with Crippen LogP contribution in [0.2, 0.25) is 5.02 Å². The van der Waals surface area contributed by atoms with E-state index < -0.39 is 6.04 Å². The summed E-state index contributed by atoms with van der Waals surface area (Å²) in [5.74, 6) is -0.153. The molecule has 22 heavy (non-hydrogen) atoms. The van der Waals surface area contributed by atoms with E-state index in [4.69, 9.17) is 17.3 Å². The average Bonchev–Trinajstić information content (AvgIpc) is 2.49. The molecule has 1 aliphatic rings. The van der Waals surface area contributed by atoms with Gasteiger partial charge >= 0.3 is 0 Å². The lowest BCUT2D eigenvalue weighted by Crippen LogP contribution is -2.53. The minimum Gasteiger partial charge on any atom is -0.339 e. The Kier molecular flexibility index (Phi) is 5.76. The van der Waals surface area contributed by atoms with Crippen LogP contribution in [0.1, 0.15) is 6.92 Å². The topological polar surface area (TPSA) is 78.7 Å². The van der Waals surface area contributed by atoms with Crippen LogP contribution in [0.3, 0.4) is 0 Å². The summed E-state index contributed by atoms with van der Waals surface area (Å²) in [4.78, 5) is 27.6. The van der Waals surface area contributed by atoms with Gasteiger partial charge in [-0.05, 0) is 19.1 Å². The van der Waals surface area contributed by atoms with Crippen molar-refractivity contribution >= 4 is 29.1 Å². The van der Waals surface area contributed by atoms with E-state index in [9.17, 15) is 9.59 Å². The number of para-hydroxylation sites is 1. The molecule has 0 spiro atoms. The summed E-state index contributed by atoms with van der Waals surface area (Å²) in [6.07, 6.45) is 0. The highest BCUT2D eigenvalue weighted by atomic mass is 35.5. The third kappa shape index (κ3) is 4.43. The van der Waals surface area contributed by atoms with Gasteiger partial charge in [-0.15, -0.1) is 0 Å². The third-order valence-electron chi connectivity index (χ3n) is 3.59. The molecule has 1 fully saturated rings. The van der Waals surface area contributed by atoms with Crippen LogP contribution < -0.4 is 11.1 Å². The lowest BCUT2D eigenvalue weighted by Gasteiger charge is -2.35. The van der Waals surface area contributed by atoms with Crippen LogP contribution in [0.5, 0.6) is 0 Å². The Labute approximate surface area is 135 Å². The lowest BCUT2D eigenvalue weighted by molar-refractivity contribution is -0.134. The Balaban J connectivity index is 1.80. The molecule has 2 rings (SSSR count). The molecule has 1 heterocycles. The van der Waals surface area contributed by atoms with Crippen LogP contribution in [0.25, 0.3) is 0 Å². The molecule has 120 valence electrons. The summed E-state index contributed by atoms with van der Waals surface area (Å²) < 4.78 is 0. The van der Waals surface area contributed by atoms with Crippen molar-refractivity contribution in [2.75, 3.05) is 38.0 Å². The fraction of sp³-hybridized carbons (Fsp3) is 0.467. The number of halogens is 1. The summed E-state index contributed by atoms with van der Waals surface area (Å²) in [6, 6.07) is 6.65. The van der Waals surface area contributed by atoms with Crippen molar-refractivity contribution in [2.24, 2.45) is 5.73 Å². The van der Waals surface area contributed by atoms with Gasteiger partial charge in [-0.25, -0.2) is 0 Å². The van der Waals surface area contributed by atoms with Crippen molar-refractivity contribution in [3.63, 3.8) is 0 Å². The van der Waals surface area contributed by atoms with E-state index in [2.05, 4.69) is 5.32 Å². The van der Waals surface area contributed by atoms with E-state index in [0.717, 1.165) is 0 Å². The van der Waals surface area contributed by atoms with E-state index in [1.807, 2.05) is 17.0 Å². The molecule has 0 saturated carbocycles. The Morgan fingerprint density at radius 3 is 2.50 bits per heavy atom. The zero-order chi connectivity index (χ0) is 16.1. The second-order valence-electron chi connectivity index (χ2n) is 5.42. The first-order chi connectivity index (χ1) is 10.5. The summed E-state index contributed by atoms with van der Waals surface area (Å²) in [5.41, 5.74) is 6.21. The van der Waals surface area contributed by atoms with Crippen molar-refractivity contribution in [3.8, 4) is 0 Å². The van der Waals surface area contributed by atoms with Crippen LogP contribution in [0.4, 0.5) is 5.69 Å². The molecule has 0 radical (unpaired) electrons. The number of benzene rings is 1. The number of nitrogens with zero attached hydrogens (tertiary/aromatic N) is 2. The normalized spacial score (nSPS) is 17.1. The van der Waals surface area contributed by atoms with Gasteiger partial charge in [0.05, 0.1) is 23.3 Å². The standard InChI is InChI=1S/C15H21ClN4O2/c1-11(17)15(22)20-8-6-19(7-9-20)10-14(21)18-13-5-3-2-4-12(13)16/h2-5,11H,6-10,17H2,1H3,(H,18,21). The molecular formula is C15H21ClN4O2. The average molecular weight is 325 g/mol. The number of rotatable bonds is 4. The number of nitrogens with two attached hydrogens (primary N) is 1. The molecule has 0 bridgehead atoms. The molecule has 1 aromatic rings. The zero-order valence-electron chi connectivity index (χ0n) is 12.6. The van der Waals surface area contributed by atoms with Gasteiger partial charge < -0.3 is 16.0 Å². The maximum Gasteiger partial charge on any atom is 0.239 e. The number of nitrogens with one attached hydrogen (secondary N) is 1. The molecule has 6 nitrogen and oxygen atoms in total. The maximum absolute atomic E-state index is 12.0. The molecule has 1 saturated heterocycles. The molecule has 0 aliphatic carbocycles. The highest BCUT2D eigenvalue weighted by molar-refractivity contribution is 6.33. The second kappa shape index (κ2) is 7.58. The van der Waals surface area contributed by atoms with E-state index >= 15 is 0 Å². The molecule has 1 aliphatic heterocycles. The third-order valence-corrected chi connectivity index (χ3v) is 3.92. The minimum atomic E-state index is -0.477. The number of carbonyl (C=O) groups excluding carboxylic acids is 2. The molecule has 3 N–H and O–H groups in total. The molecular weight excluding hydrogens is 304 g/mol. The van der Waals surface area contributed by atoms with Gasteiger partial charge in [0, 0.05) is 26.2 Å². The Hall–Kier alpha value is -1.63. The quantitative estimate of drug-likeness (QED) is 0.857. The van der Waals surface area contributed by atoms with Gasteiger partial charge in [0.2, 0.25) is 11.8 Å². The lowest BCUT2D eigenvalue weighted by atomic mass is 10.2. The van der Waals surface area contributed by atoms with E-state index in [-0.39, 0.29) is 18.4 Å². The molecule has 2 amide bonds. The number of anilines is 1. The first-order valence-corrected chi connectivity index (χ1v) is 7.66. The maximum atomic E-state index is 12.0. The SMILES string of the molecule is CC(N)C(=O)N1CCN(CC(=O)Nc2ccccc2Cl)CC1. The monoisotopic (exact) mass is 324 g/mol. The number of piperazine rings is 1. The fourth-order valence-corrected chi connectivity index (χ4v) is 2.55. The largest absolute Gasteiger partial charge is 0.339 e. The van der Waals surface area contributed by atoms with Crippen LogP contribution in [-0.4, -0.2) is 60.4 Å². The molecule has 1 aromatic carbocycles. The molecule has 1 atom stereocenters. The van der Waals surface area contributed by atoms with Crippen LogP contribution in [0.15, 0.2) is 24.3 Å². The molecule has 7 heteroatoms. The van der Waals surface area contributed by atoms with E-state index in [0.29, 0.717) is 36.9 Å². The number of carbonyl (C=O) groups is 2. The van der Waals surface area contributed by atoms with Crippen molar-refractivity contribution in [3.05, 3.63) is 29.3 Å². The second-order valence-corrected chi connectivity index (χ2v) is 5.83. The molecule has 1 unspecified atom stereocenters. The zero-order valence-corrected chi connectivity index (χ0v) is 13.3. The van der Waals surface area contributed by atoms with Gasteiger partial charge in [-0.1, -0.05) is 23.7 Å². The number of amides is 2. The minimum absolute atomic E-state index is 0.0415. The van der Waals surface area contributed by atoms with Crippen LogP contribution in [-0.2, 0) is 9.59 Å². The van der Waals surface area contributed by atoms with Crippen LogP contribution >= 0.6 is 11.6 Å². The predicted molar refractivity (Wildman–Crippen MR) is 86.8 cm³/mol. The van der Waals surface area contributed by atoms with Crippen molar-refractivity contribution in [1.82, 2.24) is 9.80 Å². The fourth-order valence-electron chi connectivity index (χ4n) is 2.37. The summed E-state index contributed by atoms with van der Waals surface area (Å²) in [7, 11) is 0. The first kappa shape index (κ1) is 16.7. The number of hydrogen-bond acceptors (Lipinski definition) is 4.